The molecule has 1 rings (SSSR count). The summed E-state index contributed by atoms with van der Waals surface area (Å²) in [5.74, 6) is 1.01. The zero-order valence-corrected chi connectivity index (χ0v) is 13.0. The Labute approximate surface area is 119 Å². The van der Waals surface area contributed by atoms with E-state index in [1.807, 2.05) is 0 Å². The van der Waals surface area contributed by atoms with Gasteiger partial charge >= 0.3 is 0 Å². The maximum Gasteiger partial charge on any atom is 0.191 e. The van der Waals surface area contributed by atoms with Crippen molar-refractivity contribution in [1.29, 1.82) is 0 Å². The van der Waals surface area contributed by atoms with E-state index in [1.54, 1.807) is 0 Å². The van der Waals surface area contributed by atoms with E-state index < -0.39 is 0 Å². The molecule has 0 aromatic heterocycles. The van der Waals surface area contributed by atoms with E-state index in [-0.39, 0.29) is 0 Å². The lowest BCUT2D eigenvalue weighted by Gasteiger charge is -2.10. The summed E-state index contributed by atoms with van der Waals surface area (Å²) < 4.78 is 0. The topological polar surface area (TPSA) is 39.7 Å². The Morgan fingerprint density at radius 3 is 2.42 bits per heavy atom. The average molecular weight is 268 g/mol. The monoisotopic (exact) mass is 268 g/mol. The quantitative estimate of drug-likeness (QED) is 0.362. The molecule has 0 amide bonds. The van der Waals surface area contributed by atoms with Crippen LogP contribution >= 0.6 is 0 Å². The first-order chi connectivity index (χ1) is 9.22. The minimum absolute atomic E-state index is 0.684. The molecule has 1 saturated carbocycles. The van der Waals surface area contributed by atoms with Crippen molar-refractivity contribution in [3.8, 4) is 0 Å². The Kier molecular flexibility index (Phi) is 8.63. The van der Waals surface area contributed by atoms with Crippen LogP contribution in [0.1, 0.15) is 51.9 Å². The Morgan fingerprint density at radius 1 is 1.11 bits per heavy atom. The minimum Gasteiger partial charge on any atom is -0.357 e. The number of unbranched alkanes of at least 4 members (excludes halogenated alkanes) is 4. The molecule has 1 aliphatic rings. The van der Waals surface area contributed by atoms with Gasteiger partial charge in [0.15, 0.2) is 5.96 Å². The van der Waals surface area contributed by atoms with E-state index in [4.69, 9.17) is 0 Å². The van der Waals surface area contributed by atoms with Crippen molar-refractivity contribution in [2.75, 3.05) is 33.7 Å². The standard InChI is InChI=1S/C15H32N4/c1-4-16-15(18-14-10-11-14)17-12-8-6-5-7-9-13-19(2)3/h14H,4-13H2,1-3H3,(H2,16,17,18). The summed E-state index contributed by atoms with van der Waals surface area (Å²) in [4.78, 5) is 6.89. The van der Waals surface area contributed by atoms with E-state index in [0.29, 0.717) is 6.04 Å². The van der Waals surface area contributed by atoms with E-state index in [2.05, 4.69) is 41.5 Å². The number of hydrogen-bond acceptors (Lipinski definition) is 2. The van der Waals surface area contributed by atoms with Gasteiger partial charge in [-0.1, -0.05) is 19.3 Å². The first kappa shape index (κ1) is 16.3. The van der Waals surface area contributed by atoms with Crippen molar-refractivity contribution in [3.05, 3.63) is 0 Å². The minimum atomic E-state index is 0.684. The van der Waals surface area contributed by atoms with Gasteiger partial charge in [-0.25, -0.2) is 0 Å². The fourth-order valence-electron chi connectivity index (χ4n) is 2.00. The highest BCUT2D eigenvalue weighted by Gasteiger charge is 2.21. The second-order valence-electron chi connectivity index (χ2n) is 5.75. The van der Waals surface area contributed by atoms with Gasteiger partial charge in [-0.15, -0.1) is 0 Å². The Morgan fingerprint density at radius 2 is 1.79 bits per heavy atom. The van der Waals surface area contributed by atoms with Crippen molar-refractivity contribution in [2.45, 2.75) is 57.9 Å². The highest BCUT2D eigenvalue weighted by molar-refractivity contribution is 5.80. The first-order valence-corrected chi connectivity index (χ1v) is 7.92. The van der Waals surface area contributed by atoms with Crippen LogP contribution in [0.3, 0.4) is 0 Å². The molecule has 0 spiro atoms. The third kappa shape index (κ3) is 9.77. The maximum absolute atomic E-state index is 4.63. The third-order valence-electron chi connectivity index (χ3n) is 3.30. The predicted octanol–water partition coefficient (Wildman–Crippen LogP) is 2.22. The summed E-state index contributed by atoms with van der Waals surface area (Å²) in [5, 5.41) is 6.76. The number of nitrogens with zero attached hydrogens (tertiary/aromatic N) is 2. The van der Waals surface area contributed by atoms with Gasteiger partial charge in [0.1, 0.15) is 0 Å². The summed E-state index contributed by atoms with van der Waals surface area (Å²) in [6.07, 6.45) is 9.13. The van der Waals surface area contributed by atoms with E-state index in [0.717, 1.165) is 19.0 Å². The van der Waals surface area contributed by atoms with Gasteiger partial charge in [-0.3, -0.25) is 4.99 Å². The molecule has 4 nitrogen and oxygen atoms in total. The van der Waals surface area contributed by atoms with E-state index in [1.165, 1.54) is 51.5 Å². The summed E-state index contributed by atoms with van der Waals surface area (Å²) in [7, 11) is 4.29. The molecule has 0 heterocycles. The Hall–Kier alpha value is -0.770. The highest BCUT2D eigenvalue weighted by Crippen LogP contribution is 2.18. The molecule has 2 N–H and O–H groups in total. The van der Waals surface area contributed by atoms with Crippen LogP contribution in [0.5, 0.6) is 0 Å². The molecule has 0 radical (unpaired) electrons. The Bertz CT molecular complexity index is 247. The summed E-state index contributed by atoms with van der Waals surface area (Å²) in [6.45, 7) is 5.24. The number of aliphatic imine (C=N–C) groups is 1. The van der Waals surface area contributed by atoms with Gasteiger partial charge in [0.25, 0.3) is 0 Å². The van der Waals surface area contributed by atoms with Gasteiger partial charge in [-0.2, -0.15) is 0 Å². The lowest BCUT2D eigenvalue weighted by molar-refractivity contribution is 0.390. The van der Waals surface area contributed by atoms with Crippen LogP contribution in [0.4, 0.5) is 0 Å². The van der Waals surface area contributed by atoms with Crippen molar-refractivity contribution in [2.24, 2.45) is 4.99 Å². The Balaban J connectivity index is 1.97. The molecule has 0 unspecified atom stereocenters. The zero-order chi connectivity index (χ0) is 13.9. The molecule has 4 heteroatoms. The van der Waals surface area contributed by atoms with Crippen LogP contribution in [0.25, 0.3) is 0 Å². The van der Waals surface area contributed by atoms with Crippen LogP contribution in [-0.4, -0.2) is 50.6 Å². The van der Waals surface area contributed by atoms with Crippen molar-refractivity contribution >= 4 is 5.96 Å². The van der Waals surface area contributed by atoms with Gasteiger partial charge in [0.2, 0.25) is 0 Å². The van der Waals surface area contributed by atoms with Crippen LogP contribution in [-0.2, 0) is 0 Å². The molecule has 0 saturated heterocycles. The summed E-state index contributed by atoms with van der Waals surface area (Å²) in [5.41, 5.74) is 0. The predicted molar refractivity (Wildman–Crippen MR) is 83.8 cm³/mol. The van der Waals surface area contributed by atoms with Crippen molar-refractivity contribution in [1.82, 2.24) is 15.5 Å². The zero-order valence-electron chi connectivity index (χ0n) is 13.0. The van der Waals surface area contributed by atoms with Gasteiger partial charge in [0, 0.05) is 19.1 Å². The van der Waals surface area contributed by atoms with E-state index in [9.17, 15) is 0 Å². The lowest BCUT2D eigenvalue weighted by atomic mass is 10.1. The molecular formula is C15H32N4. The number of guanidine groups is 1. The van der Waals surface area contributed by atoms with Crippen LogP contribution in [0.15, 0.2) is 4.99 Å². The summed E-state index contributed by atoms with van der Waals surface area (Å²) >= 11 is 0. The fourth-order valence-corrected chi connectivity index (χ4v) is 2.00. The second kappa shape index (κ2) is 10.1. The summed E-state index contributed by atoms with van der Waals surface area (Å²) in [6, 6.07) is 0.684. The molecule has 1 fully saturated rings. The van der Waals surface area contributed by atoms with E-state index >= 15 is 0 Å². The van der Waals surface area contributed by atoms with Gasteiger partial charge < -0.3 is 15.5 Å². The second-order valence-corrected chi connectivity index (χ2v) is 5.75. The average Bonchev–Trinajstić information content (AvgIpc) is 3.16. The highest BCUT2D eigenvalue weighted by atomic mass is 15.2. The molecular weight excluding hydrogens is 236 g/mol. The van der Waals surface area contributed by atoms with Gasteiger partial charge in [0.05, 0.1) is 0 Å². The van der Waals surface area contributed by atoms with Crippen LogP contribution < -0.4 is 10.6 Å². The first-order valence-electron chi connectivity index (χ1n) is 7.92. The van der Waals surface area contributed by atoms with Gasteiger partial charge in [-0.05, 0) is 53.2 Å². The molecule has 0 aromatic carbocycles. The molecule has 0 atom stereocenters. The van der Waals surface area contributed by atoms with Crippen LogP contribution in [0.2, 0.25) is 0 Å². The SMILES string of the molecule is CCNC(=NCCCCCCCN(C)C)NC1CC1. The van der Waals surface area contributed by atoms with Crippen LogP contribution in [0, 0.1) is 0 Å². The smallest absolute Gasteiger partial charge is 0.191 e. The largest absolute Gasteiger partial charge is 0.357 e. The molecule has 19 heavy (non-hydrogen) atoms. The third-order valence-corrected chi connectivity index (χ3v) is 3.30. The molecule has 1 aliphatic carbocycles. The maximum atomic E-state index is 4.63. The normalized spacial score (nSPS) is 15.9. The molecule has 112 valence electrons. The molecule has 0 bridgehead atoms. The number of nitrogens with one attached hydrogen (secondary N) is 2. The number of rotatable bonds is 10. The molecule has 0 aliphatic heterocycles. The molecule has 0 aromatic rings. The number of hydrogen-bond donors (Lipinski definition) is 2. The fraction of sp³-hybridized carbons (Fsp3) is 0.933. The van der Waals surface area contributed by atoms with Crippen molar-refractivity contribution < 1.29 is 0 Å². The lowest BCUT2D eigenvalue weighted by Crippen LogP contribution is -2.38. The van der Waals surface area contributed by atoms with Crippen molar-refractivity contribution in [3.63, 3.8) is 0 Å².